The summed E-state index contributed by atoms with van der Waals surface area (Å²) in [7, 11) is 3.14. The number of alkyl halides is 3. The van der Waals surface area contributed by atoms with Crippen LogP contribution in [0.15, 0.2) is 23.2 Å². The predicted octanol–water partition coefficient (Wildman–Crippen LogP) is 3.04. The summed E-state index contributed by atoms with van der Waals surface area (Å²) in [6.07, 6.45) is -4.25. The number of hydrogen-bond donors (Lipinski definition) is 2. The molecule has 1 atom stereocenters. The quantitative estimate of drug-likeness (QED) is 0.611. The van der Waals surface area contributed by atoms with Crippen molar-refractivity contribution in [1.29, 1.82) is 0 Å². The molecule has 1 aliphatic rings. The minimum atomic E-state index is -4.18. The molecule has 0 amide bonds. The van der Waals surface area contributed by atoms with Gasteiger partial charge in [-0.05, 0) is 24.6 Å². The molecule has 0 aliphatic carbocycles. The van der Waals surface area contributed by atoms with Gasteiger partial charge in [-0.15, -0.1) is 0 Å². The van der Waals surface area contributed by atoms with E-state index in [1.54, 1.807) is 13.2 Å². The fraction of sp³-hybridized carbons (Fsp3) is 0.562. The van der Waals surface area contributed by atoms with Crippen LogP contribution in [0, 0.1) is 0 Å². The molecule has 1 aromatic rings. The lowest BCUT2D eigenvalue weighted by atomic mass is 10.2. The summed E-state index contributed by atoms with van der Waals surface area (Å²) in [4.78, 5) is 6.11. The average Bonchev–Trinajstić information content (AvgIpc) is 3.01. The fourth-order valence-electron chi connectivity index (χ4n) is 2.72. The topological polar surface area (TPSA) is 48.9 Å². The first-order valence-corrected chi connectivity index (χ1v) is 8.32. The molecule has 2 rings (SSSR count). The maximum Gasteiger partial charge on any atom is 0.390 e. The second-order valence-corrected chi connectivity index (χ2v) is 6.19. The van der Waals surface area contributed by atoms with Gasteiger partial charge in [-0.25, -0.2) is 0 Å². The number of benzene rings is 1. The van der Waals surface area contributed by atoms with Crippen LogP contribution in [0.3, 0.4) is 0 Å². The Morgan fingerprint density at radius 2 is 2.20 bits per heavy atom. The number of aliphatic imine (C=N–C) groups is 1. The molecule has 0 radical (unpaired) electrons. The molecule has 140 valence electrons. The SMILES string of the molecule is CN=C(NCCC(F)(F)F)NC1CCN(c2cc(Cl)ccc2OC)C1. The molecular formula is C16H22ClF3N4O. The van der Waals surface area contributed by atoms with Crippen molar-refractivity contribution in [2.45, 2.75) is 25.1 Å². The number of hydrogen-bond acceptors (Lipinski definition) is 3. The van der Waals surface area contributed by atoms with Gasteiger partial charge in [0.1, 0.15) is 5.75 Å². The predicted molar refractivity (Wildman–Crippen MR) is 93.8 cm³/mol. The zero-order valence-electron chi connectivity index (χ0n) is 14.2. The summed E-state index contributed by atoms with van der Waals surface area (Å²) in [6.45, 7) is 1.26. The van der Waals surface area contributed by atoms with Crippen LogP contribution in [-0.4, -0.2) is 52.0 Å². The maximum atomic E-state index is 12.2. The standard InChI is InChI=1S/C16H22ClF3N4O/c1-21-15(22-7-6-16(18,19)20)23-12-5-8-24(10-12)13-9-11(17)3-4-14(13)25-2/h3-4,9,12H,5-8,10H2,1-2H3,(H2,21,22,23). The molecule has 1 saturated heterocycles. The highest BCUT2D eigenvalue weighted by Crippen LogP contribution is 2.33. The summed E-state index contributed by atoms with van der Waals surface area (Å²) in [5.74, 6) is 1.10. The molecule has 2 N–H and O–H groups in total. The van der Waals surface area contributed by atoms with Gasteiger partial charge < -0.3 is 20.3 Å². The number of nitrogens with one attached hydrogen (secondary N) is 2. The van der Waals surface area contributed by atoms with E-state index >= 15 is 0 Å². The Balaban J connectivity index is 1.91. The number of methoxy groups -OCH3 is 1. The molecule has 0 bridgehead atoms. The molecule has 1 aliphatic heterocycles. The molecule has 9 heteroatoms. The lowest BCUT2D eigenvalue weighted by Crippen LogP contribution is -2.45. The summed E-state index contributed by atoms with van der Waals surface area (Å²) in [5, 5.41) is 6.48. The van der Waals surface area contributed by atoms with Gasteiger partial charge in [-0.2, -0.15) is 13.2 Å². The molecule has 25 heavy (non-hydrogen) atoms. The highest BCUT2D eigenvalue weighted by atomic mass is 35.5. The number of guanidine groups is 1. The van der Waals surface area contributed by atoms with Crippen molar-refractivity contribution in [3.63, 3.8) is 0 Å². The third-order valence-corrected chi connectivity index (χ3v) is 4.17. The minimum Gasteiger partial charge on any atom is -0.495 e. The molecular weight excluding hydrogens is 357 g/mol. The molecule has 1 fully saturated rings. The molecule has 1 unspecified atom stereocenters. The first-order chi connectivity index (χ1) is 11.8. The van der Waals surface area contributed by atoms with Crippen molar-refractivity contribution < 1.29 is 17.9 Å². The van der Waals surface area contributed by atoms with Crippen LogP contribution in [-0.2, 0) is 0 Å². The second kappa shape index (κ2) is 8.51. The summed E-state index contributed by atoms with van der Waals surface area (Å²) < 4.78 is 42.1. The highest BCUT2D eigenvalue weighted by Gasteiger charge is 2.28. The van der Waals surface area contributed by atoms with E-state index in [-0.39, 0.29) is 12.6 Å². The Labute approximate surface area is 150 Å². The van der Waals surface area contributed by atoms with E-state index in [2.05, 4.69) is 20.5 Å². The number of halogens is 4. The average molecular weight is 379 g/mol. The van der Waals surface area contributed by atoms with Gasteiger partial charge in [0.2, 0.25) is 0 Å². The molecule has 5 nitrogen and oxygen atoms in total. The maximum absolute atomic E-state index is 12.2. The van der Waals surface area contributed by atoms with Crippen molar-refractivity contribution in [2.75, 3.05) is 38.7 Å². The summed E-state index contributed by atoms with van der Waals surface area (Å²) in [5.41, 5.74) is 0.902. The lowest BCUT2D eigenvalue weighted by Gasteiger charge is -2.22. The number of rotatable bonds is 5. The van der Waals surface area contributed by atoms with Crippen molar-refractivity contribution in [3.05, 3.63) is 23.2 Å². The first kappa shape index (κ1) is 19.5. The van der Waals surface area contributed by atoms with E-state index in [1.165, 1.54) is 7.05 Å². The van der Waals surface area contributed by atoms with Crippen LogP contribution in [0.25, 0.3) is 0 Å². The van der Waals surface area contributed by atoms with E-state index in [0.29, 0.717) is 17.5 Å². The summed E-state index contributed by atoms with van der Waals surface area (Å²) >= 11 is 6.07. The monoisotopic (exact) mass is 378 g/mol. The van der Waals surface area contributed by atoms with Crippen LogP contribution in [0.4, 0.5) is 18.9 Å². The zero-order chi connectivity index (χ0) is 18.4. The Bertz CT molecular complexity index is 610. The van der Waals surface area contributed by atoms with E-state index in [9.17, 15) is 13.2 Å². The van der Waals surface area contributed by atoms with Crippen LogP contribution < -0.4 is 20.3 Å². The molecule has 0 spiro atoms. The van der Waals surface area contributed by atoms with Gasteiger partial charge in [0.05, 0.1) is 19.2 Å². The first-order valence-electron chi connectivity index (χ1n) is 7.95. The van der Waals surface area contributed by atoms with Crippen molar-refractivity contribution in [1.82, 2.24) is 10.6 Å². The smallest absolute Gasteiger partial charge is 0.390 e. The van der Waals surface area contributed by atoms with Crippen molar-refractivity contribution in [2.24, 2.45) is 4.99 Å². The molecule has 1 aromatic carbocycles. The normalized spacial score (nSPS) is 18.4. The second-order valence-electron chi connectivity index (χ2n) is 5.76. The van der Waals surface area contributed by atoms with E-state index in [4.69, 9.17) is 16.3 Å². The van der Waals surface area contributed by atoms with Gasteiger partial charge in [-0.3, -0.25) is 4.99 Å². The minimum absolute atomic E-state index is 0.0702. The zero-order valence-corrected chi connectivity index (χ0v) is 14.9. The number of ether oxygens (including phenoxy) is 1. The van der Waals surface area contributed by atoms with Crippen LogP contribution in [0.2, 0.25) is 5.02 Å². The van der Waals surface area contributed by atoms with Crippen LogP contribution in [0.5, 0.6) is 5.75 Å². The van der Waals surface area contributed by atoms with Gasteiger partial charge >= 0.3 is 6.18 Å². The van der Waals surface area contributed by atoms with Crippen molar-refractivity contribution in [3.8, 4) is 5.75 Å². The third kappa shape index (κ3) is 5.88. The molecule has 0 aromatic heterocycles. The van der Waals surface area contributed by atoms with Gasteiger partial charge in [0, 0.05) is 37.7 Å². The molecule has 1 heterocycles. The third-order valence-electron chi connectivity index (χ3n) is 3.94. The number of nitrogens with zero attached hydrogens (tertiary/aromatic N) is 2. The van der Waals surface area contributed by atoms with Crippen LogP contribution in [0.1, 0.15) is 12.8 Å². The van der Waals surface area contributed by atoms with Gasteiger partial charge in [0.15, 0.2) is 5.96 Å². The Hall–Kier alpha value is -1.83. The summed E-state index contributed by atoms with van der Waals surface area (Å²) in [6, 6.07) is 5.50. The highest BCUT2D eigenvalue weighted by molar-refractivity contribution is 6.30. The Morgan fingerprint density at radius 3 is 2.84 bits per heavy atom. The van der Waals surface area contributed by atoms with E-state index in [0.717, 1.165) is 24.4 Å². The van der Waals surface area contributed by atoms with Crippen molar-refractivity contribution >= 4 is 23.2 Å². The van der Waals surface area contributed by atoms with E-state index in [1.807, 2.05) is 12.1 Å². The van der Waals surface area contributed by atoms with Gasteiger partial charge in [0.25, 0.3) is 0 Å². The van der Waals surface area contributed by atoms with E-state index < -0.39 is 12.6 Å². The Morgan fingerprint density at radius 1 is 1.44 bits per heavy atom. The van der Waals surface area contributed by atoms with Crippen LogP contribution >= 0.6 is 11.6 Å². The fourth-order valence-corrected chi connectivity index (χ4v) is 2.88. The van der Waals surface area contributed by atoms with Gasteiger partial charge in [-0.1, -0.05) is 11.6 Å². The molecule has 0 saturated carbocycles. The number of anilines is 1. The largest absolute Gasteiger partial charge is 0.495 e. The lowest BCUT2D eigenvalue weighted by molar-refractivity contribution is -0.132. The Kier molecular flexibility index (Phi) is 6.64.